The molecule has 3 rings (SSSR count). The number of aromatic hydroxyl groups is 1. The number of hydrogen-bond acceptors (Lipinski definition) is 2. The summed E-state index contributed by atoms with van der Waals surface area (Å²) in [6.07, 6.45) is -4.03. The first-order chi connectivity index (χ1) is 10.6. The molecule has 0 radical (unpaired) electrons. The molecule has 1 aromatic rings. The number of carbonyl (C=O) groups is 1. The summed E-state index contributed by atoms with van der Waals surface area (Å²) >= 11 is 3.25. The summed E-state index contributed by atoms with van der Waals surface area (Å²) in [5.41, 5.74) is 1.51. The smallest absolute Gasteiger partial charge is 0.471 e. The average molecular weight is 392 g/mol. The Bertz CT molecular complexity index is 676. The van der Waals surface area contributed by atoms with Gasteiger partial charge in [-0.15, -0.1) is 0 Å². The second-order valence-electron chi connectivity index (χ2n) is 6.68. The Morgan fingerprint density at radius 1 is 1.43 bits per heavy atom. The van der Waals surface area contributed by atoms with Gasteiger partial charge in [-0.2, -0.15) is 13.2 Å². The van der Waals surface area contributed by atoms with Gasteiger partial charge in [0.1, 0.15) is 5.75 Å². The lowest BCUT2D eigenvalue weighted by Gasteiger charge is -2.54. The molecular formula is C16H17BrF3NO2. The number of benzene rings is 1. The third-order valence-electron chi connectivity index (χ3n) is 5.57. The first-order valence-corrected chi connectivity index (χ1v) is 8.24. The second kappa shape index (κ2) is 5.13. The molecule has 2 aliphatic rings. The van der Waals surface area contributed by atoms with Gasteiger partial charge in [-0.1, -0.05) is 13.8 Å². The van der Waals surface area contributed by atoms with Crippen LogP contribution in [0.15, 0.2) is 16.6 Å². The Balaban J connectivity index is 2.06. The molecule has 23 heavy (non-hydrogen) atoms. The van der Waals surface area contributed by atoms with Crippen LogP contribution in [0.2, 0.25) is 0 Å². The van der Waals surface area contributed by atoms with Gasteiger partial charge in [0.2, 0.25) is 0 Å². The maximum atomic E-state index is 12.9. The zero-order chi connectivity index (χ0) is 17.2. The molecule has 1 aromatic carbocycles. The van der Waals surface area contributed by atoms with Crippen molar-refractivity contribution in [3.63, 3.8) is 0 Å². The number of alkyl halides is 3. The van der Waals surface area contributed by atoms with Gasteiger partial charge >= 0.3 is 12.1 Å². The van der Waals surface area contributed by atoms with Gasteiger partial charge in [-0.3, -0.25) is 4.79 Å². The molecule has 1 amide bonds. The largest absolute Gasteiger partial charge is 0.507 e. The third-order valence-corrected chi connectivity index (χ3v) is 6.21. The van der Waals surface area contributed by atoms with Crippen molar-refractivity contribution in [3.8, 4) is 5.75 Å². The first-order valence-electron chi connectivity index (χ1n) is 7.45. The fourth-order valence-electron chi connectivity index (χ4n) is 4.05. The van der Waals surface area contributed by atoms with E-state index in [-0.39, 0.29) is 23.6 Å². The van der Waals surface area contributed by atoms with E-state index < -0.39 is 18.1 Å². The number of nitrogens with zero attached hydrogens (tertiary/aromatic N) is 1. The third kappa shape index (κ3) is 2.44. The van der Waals surface area contributed by atoms with Gasteiger partial charge in [-0.25, -0.2) is 0 Å². The van der Waals surface area contributed by atoms with E-state index in [1.54, 1.807) is 12.1 Å². The number of piperidine rings is 1. The van der Waals surface area contributed by atoms with E-state index >= 15 is 0 Å². The highest BCUT2D eigenvalue weighted by Crippen LogP contribution is 2.50. The van der Waals surface area contributed by atoms with Gasteiger partial charge < -0.3 is 10.0 Å². The number of fused-ring (bicyclic) bond motifs is 4. The molecule has 3 unspecified atom stereocenters. The Hall–Kier alpha value is -1.24. The minimum atomic E-state index is -4.84. The highest BCUT2D eigenvalue weighted by molar-refractivity contribution is 9.10. The summed E-state index contributed by atoms with van der Waals surface area (Å²) in [6, 6.07) is 2.98. The van der Waals surface area contributed by atoms with Crippen LogP contribution in [0, 0.1) is 5.92 Å². The van der Waals surface area contributed by atoms with E-state index in [9.17, 15) is 23.1 Å². The fraction of sp³-hybridized carbons (Fsp3) is 0.562. The number of carbonyl (C=O) groups excluding carboxylic acids is 1. The molecule has 3 nitrogen and oxygen atoms in total. The van der Waals surface area contributed by atoms with Crippen molar-refractivity contribution in [1.82, 2.24) is 4.90 Å². The summed E-state index contributed by atoms with van der Waals surface area (Å²) in [6.45, 7) is 3.98. The molecule has 0 saturated carbocycles. The number of phenols is 1. The van der Waals surface area contributed by atoms with Crippen LogP contribution in [-0.4, -0.2) is 34.7 Å². The molecule has 3 atom stereocenters. The van der Waals surface area contributed by atoms with E-state index in [1.807, 2.05) is 13.8 Å². The molecule has 126 valence electrons. The molecule has 1 aliphatic carbocycles. The van der Waals surface area contributed by atoms with E-state index in [0.29, 0.717) is 17.3 Å². The van der Waals surface area contributed by atoms with Crippen molar-refractivity contribution in [1.29, 1.82) is 0 Å². The predicted molar refractivity (Wildman–Crippen MR) is 82.2 cm³/mol. The predicted octanol–water partition coefficient (Wildman–Crippen LogP) is 3.77. The van der Waals surface area contributed by atoms with Crippen LogP contribution in [0.5, 0.6) is 5.75 Å². The lowest BCUT2D eigenvalue weighted by Crippen LogP contribution is -2.61. The molecule has 0 spiro atoms. The summed E-state index contributed by atoms with van der Waals surface area (Å²) in [4.78, 5) is 12.7. The van der Waals surface area contributed by atoms with Crippen LogP contribution in [0.3, 0.4) is 0 Å². The zero-order valence-corrected chi connectivity index (χ0v) is 14.3. The molecule has 0 aromatic heterocycles. The second-order valence-corrected chi connectivity index (χ2v) is 7.54. The van der Waals surface area contributed by atoms with E-state index in [1.165, 1.54) is 0 Å². The molecule has 1 N–H and O–H groups in total. The van der Waals surface area contributed by atoms with Gasteiger partial charge in [-0.05, 0) is 63.4 Å². The van der Waals surface area contributed by atoms with Crippen molar-refractivity contribution >= 4 is 21.8 Å². The molecule has 2 bridgehead atoms. The summed E-state index contributed by atoms with van der Waals surface area (Å²) in [5.74, 6) is -1.74. The quantitative estimate of drug-likeness (QED) is 0.731. The van der Waals surface area contributed by atoms with Gasteiger partial charge in [0.05, 0.1) is 4.47 Å². The number of rotatable bonds is 0. The highest BCUT2D eigenvalue weighted by atomic mass is 79.9. The molecule has 7 heteroatoms. The first kappa shape index (κ1) is 16.6. The van der Waals surface area contributed by atoms with Crippen molar-refractivity contribution < 1.29 is 23.1 Å². The van der Waals surface area contributed by atoms with Gasteiger partial charge in [0.15, 0.2) is 0 Å². The topological polar surface area (TPSA) is 40.5 Å². The summed E-state index contributed by atoms with van der Waals surface area (Å²) < 4.78 is 39.1. The van der Waals surface area contributed by atoms with Gasteiger partial charge in [0, 0.05) is 12.6 Å². The van der Waals surface area contributed by atoms with Crippen LogP contribution in [-0.2, 0) is 16.6 Å². The molecule has 1 fully saturated rings. The number of amides is 1. The Labute approximate surface area is 140 Å². The van der Waals surface area contributed by atoms with Crippen LogP contribution in [0.4, 0.5) is 13.2 Å². The van der Waals surface area contributed by atoms with Crippen molar-refractivity contribution in [2.24, 2.45) is 5.92 Å². The van der Waals surface area contributed by atoms with Gasteiger partial charge in [0.25, 0.3) is 0 Å². The van der Waals surface area contributed by atoms with Crippen LogP contribution < -0.4 is 0 Å². The Morgan fingerprint density at radius 2 is 2.09 bits per heavy atom. The van der Waals surface area contributed by atoms with Crippen LogP contribution in [0.25, 0.3) is 0 Å². The van der Waals surface area contributed by atoms with E-state index in [4.69, 9.17) is 0 Å². The zero-order valence-electron chi connectivity index (χ0n) is 12.7. The van der Waals surface area contributed by atoms with Crippen LogP contribution in [0.1, 0.15) is 31.4 Å². The van der Waals surface area contributed by atoms with E-state index in [0.717, 1.165) is 16.0 Å². The maximum absolute atomic E-state index is 12.9. The van der Waals surface area contributed by atoms with Crippen molar-refractivity contribution in [2.75, 3.05) is 6.54 Å². The minimum Gasteiger partial charge on any atom is -0.507 e. The number of phenolic OH excluding ortho intramolecular Hbond substituents is 1. The highest BCUT2D eigenvalue weighted by Gasteiger charge is 2.54. The average Bonchev–Trinajstić information content (AvgIpc) is 2.44. The standard InChI is InChI=1S/C16H17BrF3NO2/c1-8-12-6-9-5-11(17)13(22)7-10(9)15(8,2)3-4-21(12)14(23)16(18,19)20/h5,7-8,12,22H,3-4,6H2,1-2H3. The SMILES string of the molecule is CC1C2Cc3cc(Br)c(O)cc3C1(C)CCN2C(=O)C(F)(F)F. The number of halogens is 4. The molecule has 1 heterocycles. The van der Waals surface area contributed by atoms with E-state index in [2.05, 4.69) is 15.9 Å². The Kier molecular flexibility index (Phi) is 3.70. The maximum Gasteiger partial charge on any atom is 0.471 e. The Morgan fingerprint density at radius 3 is 2.70 bits per heavy atom. The summed E-state index contributed by atoms with van der Waals surface area (Å²) in [5, 5.41) is 9.96. The normalized spacial score (nSPS) is 30.1. The lowest BCUT2D eigenvalue weighted by molar-refractivity contribution is -0.192. The minimum absolute atomic E-state index is 0.0834. The molecule has 1 saturated heterocycles. The monoisotopic (exact) mass is 391 g/mol. The lowest BCUT2D eigenvalue weighted by atomic mass is 9.59. The molecular weight excluding hydrogens is 375 g/mol. The summed E-state index contributed by atoms with van der Waals surface area (Å²) in [7, 11) is 0. The number of likely N-dealkylation sites (tertiary alicyclic amines) is 1. The van der Waals surface area contributed by atoms with Crippen LogP contribution >= 0.6 is 15.9 Å². The fourth-order valence-corrected chi connectivity index (χ4v) is 4.44. The number of hydrogen-bond donors (Lipinski definition) is 1. The van der Waals surface area contributed by atoms with Crippen molar-refractivity contribution in [2.45, 2.75) is 44.3 Å². The molecule has 1 aliphatic heterocycles. The van der Waals surface area contributed by atoms with Crippen molar-refractivity contribution in [3.05, 3.63) is 27.7 Å².